The molecule has 4 nitrogen and oxygen atoms in total. The molecule has 1 rings (SSSR count). The fraction of sp³-hybridized carbons (Fsp3) is 0.417. The number of carbonyl (C=O) groups is 1. The Morgan fingerprint density at radius 2 is 2.31 bits per heavy atom. The van der Waals surface area contributed by atoms with Crippen LogP contribution < -0.4 is 5.32 Å². The summed E-state index contributed by atoms with van der Waals surface area (Å²) in [5.41, 5.74) is 2.12. The van der Waals surface area contributed by atoms with Gasteiger partial charge in [0.2, 0.25) is 0 Å². The average Bonchev–Trinajstić information content (AvgIpc) is 2.29. The highest BCUT2D eigenvalue weighted by Crippen LogP contribution is 2.07. The van der Waals surface area contributed by atoms with Gasteiger partial charge in [-0.25, -0.2) is 0 Å². The zero-order valence-corrected chi connectivity index (χ0v) is 9.79. The van der Waals surface area contributed by atoms with Crippen LogP contribution in [0.1, 0.15) is 35.1 Å². The highest BCUT2D eigenvalue weighted by Gasteiger charge is 2.11. The van der Waals surface area contributed by atoms with E-state index in [2.05, 4.69) is 22.1 Å². The predicted octanol–water partition coefficient (Wildman–Crippen LogP) is 1.65. The van der Waals surface area contributed by atoms with E-state index in [1.807, 2.05) is 13.8 Å². The average molecular weight is 219 g/mol. The Labute approximate surface area is 95.8 Å². The molecule has 0 atom stereocenters. The summed E-state index contributed by atoms with van der Waals surface area (Å²) in [6, 6.07) is 1.77. The van der Waals surface area contributed by atoms with E-state index in [1.54, 1.807) is 12.1 Å². The van der Waals surface area contributed by atoms with Crippen molar-refractivity contribution in [2.45, 2.75) is 26.7 Å². The summed E-state index contributed by atoms with van der Waals surface area (Å²) in [6.07, 6.45) is 3.25. The third-order valence-electron chi connectivity index (χ3n) is 2.21. The first-order chi connectivity index (χ1) is 7.69. The lowest BCUT2D eigenvalue weighted by atomic mass is 10.1. The van der Waals surface area contributed by atoms with Gasteiger partial charge in [-0.1, -0.05) is 13.0 Å². The molecule has 0 aliphatic carbocycles. The minimum atomic E-state index is -0.0864. The van der Waals surface area contributed by atoms with Crippen molar-refractivity contribution in [3.63, 3.8) is 0 Å². The number of nitrogens with zero attached hydrogens (tertiary/aromatic N) is 2. The van der Waals surface area contributed by atoms with Crippen LogP contribution in [0.25, 0.3) is 0 Å². The standard InChI is InChI=1S/C12H17N3O/c1-4-6-7-13-12(16)10-8-9(3)14-15-11(10)5-2/h4,8H,1,5-7H2,2-3H3,(H,13,16). The van der Waals surface area contributed by atoms with Crippen LogP contribution in [0.15, 0.2) is 18.7 Å². The molecule has 1 N–H and O–H groups in total. The summed E-state index contributed by atoms with van der Waals surface area (Å²) in [5.74, 6) is -0.0864. The molecule has 86 valence electrons. The molecule has 4 heteroatoms. The van der Waals surface area contributed by atoms with Crippen LogP contribution in [0, 0.1) is 6.92 Å². The Morgan fingerprint density at radius 1 is 1.56 bits per heavy atom. The molecule has 0 aliphatic heterocycles. The van der Waals surface area contributed by atoms with E-state index >= 15 is 0 Å². The Morgan fingerprint density at radius 3 is 2.94 bits per heavy atom. The first kappa shape index (κ1) is 12.4. The van der Waals surface area contributed by atoms with Gasteiger partial charge in [-0.2, -0.15) is 10.2 Å². The number of carbonyl (C=O) groups excluding carboxylic acids is 1. The molecule has 0 saturated heterocycles. The fourth-order valence-corrected chi connectivity index (χ4v) is 1.35. The van der Waals surface area contributed by atoms with Crippen molar-refractivity contribution in [1.29, 1.82) is 0 Å². The summed E-state index contributed by atoms with van der Waals surface area (Å²) < 4.78 is 0. The molecular weight excluding hydrogens is 202 g/mol. The van der Waals surface area contributed by atoms with E-state index in [1.165, 1.54) is 0 Å². The van der Waals surface area contributed by atoms with Crippen molar-refractivity contribution < 1.29 is 4.79 Å². The van der Waals surface area contributed by atoms with Crippen molar-refractivity contribution in [2.24, 2.45) is 0 Å². The van der Waals surface area contributed by atoms with Gasteiger partial charge in [-0.05, 0) is 25.8 Å². The predicted molar refractivity (Wildman–Crippen MR) is 63.3 cm³/mol. The quantitative estimate of drug-likeness (QED) is 0.605. The second kappa shape index (κ2) is 6.00. The van der Waals surface area contributed by atoms with Crippen LogP contribution in [0.4, 0.5) is 0 Å². The summed E-state index contributed by atoms with van der Waals surface area (Å²) in [4.78, 5) is 11.8. The van der Waals surface area contributed by atoms with Crippen LogP contribution in [0.3, 0.4) is 0 Å². The lowest BCUT2D eigenvalue weighted by Gasteiger charge is -2.07. The molecule has 1 heterocycles. The third kappa shape index (κ3) is 3.15. The van der Waals surface area contributed by atoms with Gasteiger partial charge in [0.1, 0.15) is 0 Å². The van der Waals surface area contributed by atoms with Crippen LogP contribution >= 0.6 is 0 Å². The van der Waals surface area contributed by atoms with Crippen LogP contribution in [0.2, 0.25) is 0 Å². The van der Waals surface area contributed by atoms with Gasteiger partial charge in [-0.3, -0.25) is 4.79 Å². The Bertz CT molecular complexity index is 388. The molecule has 0 radical (unpaired) electrons. The van der Waals surface area contributed by atoms with Gasteiger partial charge in [0.05, 0.1) is 17.0 Å². The zero-order chi connectivity index (χ0) is 12.0. The summed E-state index contributed by atoms with van der Waals surface area (Å²) in [7, 11) is 0. The first-order valence-electron chi connectivity index (χ1n) is 5.41. The van der Waals surface area contributed by atoms with Crippen molar-refractivity contribution in [3.05, 3.63) is 35.7 Å². The highest BCUT2D eigenvalue weighted by molar-refractivity contribution is 5.95. The summed E-state index contributed by atoms with van der Waals surface area (Å²) >= 11 is 0. The second-order valence-corrected chi connectivity index (χ2v) is 3.53. The van der Waals surface area contributed by atoms with Crippen molar-refractivity contribution >= 4 is 5.91 Å². The fourth-order valence-electron chi connectivity index (χ4n) is 1.35. The van der Waals surface area contributed by atoms with Gasteiger partial charge < -0.3 is 5.32 Å². The van der Waals surface area contributed by atoms with Gasteiger partial charge in [0, 0.05) is 6.54 Å². The number of aryl methyl sites for hydroxylation is 2. The maximum absolute atomic E-state index is 11.8. The van der Waals surface area contributed by atoms with Crippen LogP contribution in [-0.2, 0) is 6.42 Å². The minimum Gasteiger partial charge on any atom is -0.352 e. The number of rotatable bonds is 5. The van der Waals surface area contributed by atoms with Crippen LogP contribution in [0.5, 0.6) is 0 Å². The van der Waals surface area contributed by atoms with Crippen molar-refractivity contribution in [3.8, 4) is 0 Å². The lowest BCUT2D eigenvalue weighted by molar-refractivity contribution is 0.0952. The number of nitrogens with one attached hydrogen (secondary N) is 1. The van der Waals surface area contributed by atoms with Gasteiger partial charge >= 0.3 is 0 Å². The largest absolute Gasteiger partial charge is 0.352 e. The van der Waals surface area contributed by atoms with Crippen LogP contribution in [-0.4, -0.2) is 22.6 Å². The Kier molecular flexibility index (Phi) is 4.64. The van der Waals surface area contributed by atoms with E-state index in [9.17, 15) is 4.79 Å². The Hall–Kier alpha value is -1.71. The monoisotopic (exact) mass is 219 g/mol. The number of hydrogen-bond donors (Lipinski definition) is 1. The van der Waals surface area contributed by atoms with E-state index in [0.29, 0.717) is 18.5 Å². The first-order valence-corrected chi connectivity index (χ1v) is 5.41. The Balaban J connectivity index is 2.80. The van der Waals surface area contributed by atoms with E-state index in [0.717, 1.165) is 17.8 Å². The normalized spacial score (nSPS) is 9.88. The molecule has 1 aromatic rings. The van der Waals surface area contributed by atoms with Gasteiger partial charge in [0.15, 0.2) is 0 Å². The lowest BCUT2D eigenvalue weighted by Crippen LogP contribution is -2.26. The molecule has 0 unspecified atom stereocenters. The molecule has 0 spiro atoms. The smallest absolute Gasteiger partial charge is 0.253 e. The van der Waals surface area contributed by atoms with Crippen molar-refractivity contribution in [1.82, 2.24) is 15.5 Å². The summed E-state index contributed by atoms with van der Waals surface area (Å²) in [5, 5.41) is 10.8. The van der Waals surface area contributed by atoms with E-state index in [4.69, 9.17) is 0 Å². The summed E-state index contributed by atoms with van der Waals surface area (Å²) in [6.45, 7) is 7.99. The van der Waals surface area contributed by atoms with Crippen molar-refractivity contribution in [2.75, 3.05) is 6.54 Å². The highest BCUT2D eigenvalue weighted by atomic mass is 16.1. The minimum absolute atomic E-state index is 0.0864. The van der Waals surface area contributed by atoms with Gasteiger partial charge in [-0.15, -0.1) is 6.58 Å². The molecular formula is C12H17N3O. The number of amides is 1. The number of aromatic nitrogens is 2. The molecule has 0 aliphatic rings. The maximum Gasteiger partial charge on any atom is 0.253 e. The molecule has 0 fully saturated rings. The van der Waals surface area contributed by atoms with Gasteiger partial charge in [0.25, 0.3) is 5.91 Å². The molecule has 1 aromatic heterocycles. The SMILES string of the molecule is C=CCCNC(=O)c1cc(C)nnc1CC. The molecule has 0 aromatic carbocycles. The van der Waals surface area contributed by atoms with E-state index < -0.39 is 0 Å². The second-order valence-electron chi connectivity index (χ2n) is 3.53. The topological polar surface area (TPSA) is 54.9 Å². The zero-order valence-electron chi connectivity index (χ0n) is 9.79. The molecule has 1 amide bonds. The number of hydrogen-bond acceptors (Lipinski definition) is 3. The molecule has 0 saturated carbocycles. The molecule has 16 heavy (non-hydrogen) atoms. The van der Waals surface area contributed by atoms with E-state index in [-0.39, 0.29) is 5.91 Å². The maximum atomic E-state index is 11.8. The third-order valence-corrected chi connectivity index (χ3v) is 2.21. The molecule has 0 bridgehead atoms.